The average molecular weight is 233 g/mol. The molecule has 2 rings (SSSR count). The number of hydrogen-bond acceptors (Lipinski definition) is 2. The smallest absolute Gasteiger partial charge is 0.115 e. The first-order chi connectivity index (χ1) is 8.20. The van der Waals surface area contributed by atoms with Gasteiger partial charge in [-0.2, -0.15) is 0 Å². The topological polar surface area (TPSA) is 23.5 Å². The standard InChI is InChI=1S/C15H23NO/c1-3-15(13-6-8-14(17)9-7-13)16-10-4-5-12(2)11-16/h6-9,12,15,17H,3-5,10-11H2,1-2H3. The van der Waals surface area contributed by atoms with E-state index in [1.807, 2.05) is 0 Å². The molecule has 0 radical (unpaired) electrons. The van der Waals surface area contributed by atoms with Gasteiger partial charge in [-0.05, 0) is 49.4 Å². The molecule has 1 N–H and O–H groups in total. The Balaban J connectivity index is 2.12. The molecule has 0 spiro atoms. The largest absolute Gasteiger partial charge is 0.508 e. The van der Waals surface area contributed by atoms with Gasteiger partial charge in [0.05, 0.1) is 0 Å². The summed E-state index contributed by atoms with van der Waals surface area (Å²) in [5.74, 6) is 1.17. The van der Waals surface area contributed by atoms with Gasteiger partial charge in [0.1, 0.15) is 5.75 Å². The summed E-state index contributed by atoms with van der Waals surface area (Å²) in [4.78, 5) is 2.60. The summed E-state index contributed by atoms with van der Waals surface area (Å²) in [5.41, 5.74) is 1.33. The molecule has 0 saturated carbocycles. The summed E-state index contributed by atoms with van der Waals surface area (Å²) in [6.07, 6.45) is 3.82. The lowest BCUT2D eigenvalue weighted by Crippen LogP contribution is -2.37. The van der Waals surface area contributed by atoms with Crippen LogP contribution in [0.3, 0.4) is 0 Å². The zero-order valence-electron chi connectivity index (χ0n) is 10.9. The Bertz CT molecular complexity index is 346. The maximum Gasteiger partial charge on any atom is 0.115 e. The third-order valence-corrected chi connectivity index (χ3v) is 3.79. The van der Waals surface area contributed by atoms with Crippen LogP contribution in [-0.2, 0) is 0 Å². The van der Waals surface area contributed by atoms with Crippen LogP contribution in [-0.4, -0.2) is 23.1 Å². The van der Waals surface area contributed by atoms with Crippen molar-refractivity contribution in [2.24, 2.45) is 5.92 Å². The molecule has 1 aliphatic heterocycles. The highest BCUT2D eigenvalue weighted by molar-refractivity contribution is 5.28. The molecular weight excluding hydrogens is 210 g/mol. The van der Waals surface area contributed by atoms with Gasteiger partial charge in [0.2, 0.25) is 0 Å². The molecule has 2 heteroatoms. The van der Waals surface area contributed by atoms with Crippen molar-refractivity contribution in [3.8, 4) is 5.75 Å². The lowest BCUT2D eigenvalue weighted by atomic mass is 9.95. The fraction of sp³-hybridized carbons (Fsp3) is 0.600. The molecule has 0 bridgehead atoms. The van der Waals surface area contributed by atoms with Gasteiger partial charge in [-0.1, -0.05) is 26.0 Å². The van der Waals surface area contributed by atoms with Gasteiger partial charge >= 0.3 is 0 Å². The highest BCUT2D eigenvalue weighted by Crippen LogP contribution is 2.29. The van der Waals surface area contributed by atoms with Crippen LogP contribution < -0.4 is 0 Å². The second-order valence-electron chi connectivity index (χ2n) is 5.26. The van der Waals surface area contributed by atoms with Crippen molar-refractivity contribution in [2.45, 2.75) is 39.2 Å². The molecule has 2 atom stereocenters. The van der Waals surface area contributed by atoms with E-state index in [0.717, 1.165) is 12.3 Å². The van der Waals surface area contributed by atoms with E-state index in [2.05, 4.69) is 30.9 Å². The normalized spacial score (nSPS) is 23.5. The first kappa shape index (κ1) is 12.4. The fourth-order valence-corrected chi connectivity index (χ4v) is 2.91. The highest BCUT2D eigenvalue weighted by Gasteiger charge is 2.23. The van der Waals surface area contributed by atoms with Crippen LogP contribution in [0.25, 0.3) is 0 Å². The fourth-order valence-electron chi connectivity index (χ4n) is 2.91. The van der Waals surface area contributed by atoms with Gasteiger partial charge < -0.3 is 5.11 Å². The van der Waals surface area contributed by atoms with Crippen LogP contribution in [0, 0.1) is 5.92 Å². The summed E-state index contributed by atoms with van der Waals surface area (Å²) in [6.45, 7) is 7.01. The van der Waals surface area contributed by atoms with E-state index in [0.29, 0.717) is 11.8 Å². The Morgan fingerprint density at radius 3 is 2.65 bits per heavy atom. The van der Waals surface area contributed by atoms with Crippen LogP contribution in [0.5, 0.6) is 5.75 Å². The van der Waals surface area contributed by atoms with Gasteiger partial charge in [-0.25, -0.2) is 0 Å². The summed E-state index contributed by atoms with van der Waals surface area (Å²) in [5, 5.41) is 9.35. The van der Waals surface area contributed by atoms with Gasteiger partial charge in [0.15, 0.2) is 0 Å². The maximum atomic E-state index is 9.35. The van der Waals surface area contributed by atoms with Crippen molar-refractivity contribution in [3.05, 3.63) is 29.8 Å². The molecule has 1 fully saturated rings. The van der Waals surface area contributed by atoms with E-state index in [1.54, 1.807) is 12.1 Å². The van der Waals surface area contributed by atoms with E-state index in [1.165, 1.54) is 31.5 Å². The number of rotatable bonds is 3. The van der Waals surface area contributed by atoms with Gasteiger partial charge in [0.25, 0.3) is 0 Å². The second kappa shape index (κ2) is 5.54. The van der Waals surface area contributed by atoms with Crippen LogP contribution in [0.2, 0.25) is 0 Å². The third-order valence-electron chi connectivity index (χ3n) is 3.79. The first-order valence-corrected chi connectivity index (χ1v) is 6.73. The van der Waals surface area contributed by atoms with Crippen molar-refractivity contribution >= 4 is 0 Å². The number of aromatic hydroxyl groups is 1. The number of hydrogen-bond donors (Lipinski definition) is 1. The monoisotopic (exact) mass is 233 g/mol. The van der Waals surface area contributed by atoms with Crippen molar-refractivity contribution in [1.82, 2.24) is 4.90 Å². The first-order valence-electron chi connectivity index (χ1n) is 6.73. The zero-order valence-corrected chi connectivity index (χ0v) is 10.9. The van der Waals surface area contributed by atoms with Crippen molar-refractivity contribution in [1.29, 1.82) is 0 Å². The van der Waals surface area contributed by atoms with Crippen molar-refractivity contribution in [2.75, 3.05) is 13.1 Å². The van der Waals surface area contributed by atoms with Gasteiger partial charge in [-0.15, -0.1) is 0 Å². The summed E-state index contributed by atoms with van der Waals surface area (Å²) >= 11 is 0. The van der Waals surface area contributed by atoms with E-state index >= 15 is 0 Å². The molecule has 2 unspecified atom stereocenters. The summed E-state index contributed by atoms with van der Waals surface area (Å²) in [7, 11) is 0. The maximum absolute atomic E-state index is 9.35. The number of benzene rings is 1. The minimum absolute atomic E-state index is 0.357. The quantitative estimate of drug-likeness (QED) is 0.862. The molecular formula is C15H23NO. The molecule has 1 aromatic rings. The molecule has 1 aromatic carbocycles. The van der Waals surface area contributed by atoms with Crippen LogP contribution >= 0.6 is 0 Å². The number of likely N-dealkylation sites (tertiary alicyclic amines) is 1. The van der Waals surface area contributed by atoms with E-state index in [9.17, 15) is 5.11 Å². The van der Waals surface area contributed by atoms with Crippen molar-refractivity contribution < 1.29 is 5.11 Å². The van der Waals surface area contributed by atoms with Gasteiger partial charge in [-0.3, -0.25) is 4.90 Å². The van der Waals surface area contributed by atoms with Crippen LogP contribution in [0.15, 0.2) is 24.3 Å². The average Bonchev–Trinajstić information content (AvgIpc) is 2.33. The molecule has 1 heterocycles. The predicted octanol–water partition coefficient (Wildman–Crippen LogP) is 3.58. The van der Waals surface area contributed by atoms with Gasteiger partial charge in [0, 0.05) is 12.6 Å². The Kier molecular flexibility index (Phi) is 4.06. The Hall–Kier alpha value is -1.02. The molecule has 17 heavy (non-hydrogen) atoms. The molecule has 1 saturated heterocycles. The minimum atomic E-state index is 0.357. The van der Waals surface area contributed by atoms with E-state index in [4.69, 9.17) is 0 Å². The van der Waals surface area contributed by atoms with Crippen LogP contribution in [0.1, 0.15) is 44.7 Å². The molecule has 0 aliphatic carbocycles. The SMILES string of the molecule is CCC(c1ccc(O)cc1)N1CCCC(C)C1. The minimum Gasteiger partial charge on any atom is -0.508 e. The summed E-state index contributed by atoms with van der Waals surface area (Å²) in [6, 6.07) is 8.22. The molecule has 1 aliphatic rings. The Morgan fingerprint density at radius 1 is 1.35 bits per heavy atom. The molecule has 94 valence electrons. The lowest BCUT2D eigenvalue weighted by molar-refractivity contribution is 0.126. The Labute approximate surface area is 104 Å². The summed E-state index contributed by atoms with van der Waals surface area (Å²) < 4.78 is 0. The van der Waals surface area contributed by atoms with Crippen molar-refractivity contribution in [3.63, 3.8) is 0 Å². The van der Waals surface area contributed by atoms with E-state index in [-0.39, 0.29) is 0 Å². The van der Waals surface area contributed by atoms with E-state index < -0.39 is 0 Å². The third kappa shape index (κ3) is 3.01. The zero-order chi connectivity index (χ0) is 12.3. The highest BCUT2D eigenvalue weighted by atomic mass is 16.3. The predicted molar refractivity (Wildman–Crippen MR) is 71.1 cm³/mol. The number of piperidine rings is 1. The number of phenols is 1. The number of nitrogens with zero attached hydrogens (tertiary/aromatic N) is 1. The molecule has 0 amide bonds. The molecule has 2 nitrogen and oxygen atoms in total. The Morgan fingerprint density at radius 2 is 2.06 bits per heavy atom. The lowest BCUT2D eigenvalue weighted by Gasteiger charge is -2.37. The second-order valence-corrected chi connectivity index (χ2v) is 5.26. The molecule has 0 aromatic heterocycles. The number of phenolic OH excluding ortho intramolecular Hbond substituents is 1. The van der Waals surface area contributed by atoms with Crippen LogP contribution in [0.4, 0.5) is 0 Å².